The van der Waals surface area contributed by atoms with Gasteiger partial charge in [-0.15, -0.1) is 0 Å². The van der Waals surface area contributed by atoms with E-state index in [-0.39, 0.29) is 5.95 Å². The Balaban J connectivity index is 2.76. The van der Waals surface area contributed by atoms with Crippen LogP contribution in [0, 0.1) is 5.92 Å². The molecule has 3 unspecified atom stereocenters. The van der Waals surface area contributed by atoms with Crippen LogP contribution in [0.25, 0.3) is 0 Å². The molecule has 2 rings (SSSR count). The molecule has 1 aromatic rings. The van der Waals surface area contributed by atoms with Crippen molar-refractivity contribution in [3.8, 4) is 0 Å². The first-order valence-corrected chi connectivity index (χ1v) is 6.81. The SMILES string of the molecule is [2H]c1nc(NC(C)(C)C([2H])([2H])[2H])[nH]c(=NC2CC([2H])([2H])C(C([2H])([2H])[2H])C([2H])(O)C2([2H])[2H])c1C(N)=O. The van der Waals surface area contributed by atoms with Gasteiger partial charge in [0.05, 0.1) is 20.4 Å². The van der Waals surface area contributed by atoms with Gasteiger partial charge in [-0.05, 0) is 45.8 Å². The molecule has 1 fully saturated rings. The zero-order chi connectivity index (χ0) is 27.6. The van der Waals surface area contributed by atoms with Crippen LogP contribution < -0.4 is 16.5 Å². The number of hydrogen-bond acceptors (Lipinski definition) is 5. The van der Waals surface area contributed by atoms with Gasteiger partial charge in [0.15, 0.2) is 0 Å². The van der Waals surface area contributed by atoms with Crippen LogP contribution in [0.3, 0.4) is 0 Å². The van der Waals surface area contributed by atoms with Crippen LogP contribution >= 0.6 is 0 Å². The monoisotopic (exact) mass is 333 g/mol. The van der Waals surface area contributed by atoms with E-state index in [0.29, 0.717) is 0 Å². The van der Waals surface area contributed by atoms with E-state index in [1.54, 1.807) is 0 Å². The quantitative estimate of drug-likeness (QED) is 0.664. The lowest BCUT2D eigenvalue weighted by atomic mass is 9.85. The molecule has 1 aliphatic carbocycles. The number of anilines is 1. The van der Waals surface area contributed by atoms with E-state index in [1.165, 1.54) is 13.8 Å². The van der Waals surface area contributed by atoms with Crippen molar-refractivity contribution in [1.82, 2.24) is 9.97 Å². The number of aromatic amines is 1. The van der Waals surface area contributed by atoms with Gasteiger partial charge in [-0.25, -0.2) is 4.98 Å². The summed E-state index contributed by atoms with van der Waals surface area (Å²) in [4.78, 5) is 22.1. The number of carbonyl (C=O) groups is 1. The lowest BCUT2D eigenvalue weighted by Gasteiger charge is -2.28. The third kappa shape index (κ3) is 4.79. The van der Waals surface area contributed by atoms with Crippen LogP contribution in [0.15, 0.2) is 11.2 Å². The Hall–Kier alpha value is -1.89. The molecule has 0 saturated heterocycles. The van der Waals surface area contributed by atoms with Gasteiger partial charge in [-0.1, -0.05) is 6.85 Å². The minimum atomic E-state index is -3.47. The molecular formula is C16H27N5O2. The topological polar surface area (TPSA) is 116 Å². The van der Waals surface area contributed by atoms with E-state index < -0.39 is 79.6 Å². The van der Waals surface area contributed by atoms with Crippen LogP contribution in [0.4, 0.5) is 5.95 Å². The number of aromatic nitrogens is 2. The standard InChI is InChI=1S/C16H27N5O2/c1-9-5-6-10(7-12(9)22)19-14-11(13(17)23)8-18-15(20-14)21-16(2,3)4/h8-10,12,22H,5-7H2,1-4H3,(H2,17,23)(H2,18,19,20,21)/i1D3,2D3,5D2,7D2,8D,12D. The van der Waals surface area contributed by atoms with E-state index >= 15 is 0 Å². The van der Waals surface area contributed by atoms with Gasteiger partial charge < -0.3 is 21.1 Å². The second-order valence-electron chi connectivity index (χ2n) is 5.55. The van der Waals surface area contributed by atoms with E-state index in [0.717, 1.165) is 0 Å². The molecule has 1 saturated carbocycles. The summed E-state index contributed by atoms with van der Waals surface area (Å²) in [7, 11) is 0. The van der Waals surface area contributed by atoms with Crippen molar-refractivity contribution in [2.75, 3.05) is 5.32 Å². The maximum absolute atomic E-state index is 12.0. The average molecular weight is 333 g/mol. The number of aliphatic hydroxyl groups is 1. The third-order valence-electron chi connectivity index (χ3n) is 2.82. The number of primary amides is 1. The van der Waals surface area contributed by atoms with E-state index in [4.69, 9.17) is 22.2 Å². The van der Waals surface area contributed by atoms with Gasteiger partial charge in [0.2, 0.25) is 5.95 Å². The summed E-state index contributed by atoms with van der Waals surface area (Å²) < 4.78 is 94.4. The molecule has 3 atom stereocenters. The largest absolute Gasteiger partial charge is 0.393 e. The summed E-state index contributed by atoms with van der Waals surface area (Å²) in [6.45, 7) is -3.16. The fourth-order valence-electron chi connectivity index (χ4n) is 1.86. The molecule has 0 spiro atoms. The summed E-state index contributed by atoms with van der Waals surface area (Å²) in [6, 6.07) is -1.92. The van der Waals surface area contributed by atoms with Gasteiger partial charge in [0.1, 0.15) is 5.49 Å². The fraction of sp³-hybridized carbons (Fsp3) is 0.688. The van der Waals surface area contributed by atoms with E-state index in [1.807, 2.05) is 0 Å². The number of nitrogens with two attached hydrogens (primary N) is 1. The Kier molecular flexibility index (Phi) is 2.14. The number of hydrogen-bond donors (Lipinski definition) is 4. The van der Waals surface area contributed by atoms with E-state index in [9.17, 15) is 9.90 Å². The molecule has 5 N–H and O–H groups in total. The minimum Gasteiger partial charge on any atom is -0.393 e. The molecule has 1 amide bonds. The first-order valence-electron chi connectivity index (χ1n) is 12.8. The maximum Gasteiger partial charge on any atom is 0.254 e. The van der Waals surface area contributed by atoms with Crippen LogP contribution in [0.1, 0.15) is 73.5 Å². The Morgan fingerprint density at radius 3 is 3.22 bits per heavy atom. The van der Waals surface area contributed by atoms with Crippen LogP contribution in [0.2, 0.25) is 0 Å². The van der Waals surface area contributed by atoms with Crippen molar-refractivity contribution < 1.29 is 26.4 Å². The molecule has 0 aromatic carbocycles. The second-order valence-corrected chi connectivity index (χ2v) is 5.55. The van der Waals surface area contributed by atoms with Gasteiger partial charge in [0.25, 0.3) is 5.91 Å². The van der Waals surface area contributed by atoms with Gasteiger partial charge >= 0.3 is 0 Å². The highest BCUT2D eigenvalue weighted by molar-refractivity contribution is 5.92. The first kappa shape index (κ1) is 7.34. The molecule has 0 aliphatic heterocycles. The third-order valence-corrected chi connectivity index (χ3v) is 2.82. The summed E-state index contributed by atoms with van der Waals surface area (Å²) in [5.74, 6) is -4.01. The lowest BCUT2D eigenvalue weighted by Crippen LogP contribution is -2.34. The summed E-state index contributed by atoms with van der Waals surface area (Å²) in [5, 5.41) is 13.2. The minimum absolute atomic E-state index is 0.360. The molecule has 1 aromatic heterocycles. The zero-order valence-electron chi connectivity index (χ0n) is 24.7. The molecule has 7 heteroatoms. The molecule has 0 radical (unpaired) electrons. The average Bonchev–Trinajstić information content (AvgIpc) is 2.55. The normalized spacial score (nSPS) is 42.5. The zero-order valence-corrected chi connectivity index (χ0v) is 12.7. The fourth-order valence-corrected chi connectivity index (χ4v) is 1.86. The van der Waals surface area contributed by atoms with Crippen LogP contribution in [0.5, 0.6) is 0 Å². The van der Waals surface area contributed by atoms with Gasteiger partial charge in [0, 0.05) is 25.4 Å². The number of H-pyrrole nitrogens is 1. The Morgan fingerprint density at radius 1 is 1.78 bits per heavy atom. The molecule has 7 nitrogen and oxygen atoms in total. The Bertz CT molecular complexity index is 1060. The molecule has 23 heavy (non-hydrogen) atoms. The highest BCUT2D eigenvalue weighted by Gasteiger charge is 2.26. The van der Waals surface area contributed by atoms with Gasteiger partial charge in [-0.3, -0.25) is 9.79 Å². The molecule has 0 bridgehead atoms. The Morgan fingerprint density at radius 2 is 2.57 bits per heavy atom. The molecule has 1 heterocycles. The number of nitrogens with one attached hydrogen (secondary N) is 2. The van der Waals surface area contributed by atoms with Crippen molar-refractivity contribution in [2.24, 2.45) is 16.6 Å². The maximum atomic E-state index is 12.0. The number of amides is 1. The highest BCUT2D eigenvalue weighted by Crippen LogP contribution is 2.25. The summed E-state index contributed by atoms with van der Waals surface area (Å²) in [5.41, 5.74) is 2.47. The number of carbonyl (C=O) groups excluding carboxylic acids is 1. The molecular weight excluding hydrogens is 294 g/mol. The van der Waals surface area contributed by atoms with Gasteiger partial charge in [-0.2, -0.15) is 0 Å². The van der Waals surface area contributed by atoms with Crippen molar-refractivity contribution in [1.29, 1.82) is 0 Å². The molecule has 1 aliphatic rings. The summed E-state index contributed by atoms with van der Waals surface area (Å²) in [6.07, 6.45) is -11.1. The Labute approximate surface area is 153 Å². The van der Waals surface area contributed by atoms with Crippen molar-refractivity contribution >= 4 is 11.9 Å². The first-order chi connectivity index (χ1) is 15.4. The van der Waals surface area contributed by atoms with Crippen LogP contribution in [-0.2, 0) is 0 Å². The molecule has 128 valence electrons. The predicted molar refractivity (Wildman–Crippen MR) is 88.9 cm³/mol. The van der Waals surface area contributed by atoms with E-state index in [2.05, 4.69) is 20.3 Å². The van der Waals surface area contributed by atoms with Crippen LogP contribution in [-0.4, -0.2) is 38.6 Å². The van der Waals surface area contributed by atoms with Crippen molar-refractivity contribution in [3.05, 3.63) is 17.2 Å². The second kappa shape index (κ2) is 6.70. The van der Waals surface area contributed by atoms with Crippen molar-refractivity contribution in [3.63, 3.8) is 0 Å². The lowest BCUT2D eigenvalue weighted by molar-refractivity contribution is 0.0704. The smallest absolute Gasteiger partial charge is 0.254 e. The summed E-state index contributed by atoms with van der Waals surface area (Å²) >= 11 is 0. The predicted octanol–water partition coefficient (Wildman–Crippen LogP) is 1.17. The number of rotatable bonds is 3. The van der Waals surface area contributed by atoms with Crippen molar-refractivity contribution in [2.45, 2.75) is 64.4 Å². The highest BCUT2D eigenvalue weighted by atomic mass is 16.3. The number of nitrogens with zero attached hydrogens (tertiary/aromatic N) is 2.